The molecule has 0 radical (unpaired) electrons. The first-order valence-corrected chi connectivity index (χ1v) is 7.61. The van der Waals surface area contributed by atoms with Crippen molar-refractivity contribution in [3.8, 4) is 5.75 Å². The lowest BCUT2D eigenvalue weighted by Gasteiger charge is -2.22. The van der Waals surface area contributed by atoms with E-state index in [2.05, 4.69) is 38.2 Å². The molecule has 0 saturated heterocycles. The van der Waals surface area contributed by atoms with Gasteiger partial charge < -0.3 is 14.8 Å². The SMILES string of the molecule is CCCNC(COc1ccc(CCOC)cc1)C(C)C. The Bertz CT molecular complexity index is 349. The van der Waals surface area contributed by atoms with E-state index in [0.29, 0.717) is 12.0 Å². The monoisotopic (exact) mass is 279 g/mol. The molecule has 3 heteroatoms. The minimum absolute atomic E-state index is 0.406. The van der Waals surface area contributed by atoms with Gasteiger partial charge in [-0.15, -0.1) is 0 Å². The molecule has 0 spiro atoms. The Morgan fingerprint density at radius 1 is 1.15 bits per heavy atom. The number of hydrogen-bond donors (Lipinski definition) is 1. The summed E-state index contributed by atoms with van der Waals surface area (Å²) in [6.45, 7) is 9.16. The van der Waals surface area contributed by atoms with Gasteiger partial charge in [-0.3, -0.25) is 0 Å². The van der Waals surface area contributed by atoms with Gasteiger partial charge in [-0.1, -0.05) is 32.9 Å². The molecular weight excluding hydrogens is 250 g/mol. The van der Waals surface area contributed by atoms with E-state index in [1.807, 2.05) is 12.1 Å². The normalized spacial score (nSPS) is 12.7. The van der Waals surface area contributed by atoms with E-state index in [1.165, 1.54) is 5.56 Å². The van der Waals surface area contributed by atoms with Crippen molar-refractivity contribution in [1.82, 2.24) is 5.32 Å². The van der Waals surface area contributed by atoms with Crippen LogP contribution in [0.15, 0.2) is 24.3 Å². The van der Waals surface area contributed by atoms with Crippen LogP contribution in [0.4, 0.5) is 0 Å². The van der Waals surface area contributed by atoms with Crippen LogP contribution in [0.5, 0.6) is 5.75 Å². The third-order valence-electron chi connectivity index (χ3n) is 3.41. The van der Waals surface area contributed by atoms with Crippen LogP contribution in [0.3, 0.4) is 0 Å². The van der Waals surface area contributed by atoms with Crippen molar-refractivity contribution in [1.29, 1.82) is 0 Å². The van der Waals surface area contributed by atoms with E-state index < -0.39 is 0 Å². The summed E-state index contributed by atoms with van der Waals surface area (Å²) in [6.07, 6.45) is 2.10. The summed E-state index contributed by atoms with van der Waals surface area (Å²) in [5.74, 6) is 1.51. The zero-order valence-corrected chi connectivity index (χ0v) is 13.3. The fourth-order valence-electron chi connectivity index (χ4n) is 1.98. The molecule has 3 nitrogen and oxygen atoms in total. The maximum atomic E-state index is 5.89. The van der Waals surface area contributed by atoms with Crippen LogP contribution in [-0.2, 0) is 11.2 Å². The molecule has 1 aromatic rings. The Labute approximate surface area is 123 Å². The molecule has 0 aromatic heterocycles. The zero-order valence-electron chi connectivity index (χ0n) is 13.3. The first kappa shape index (κ1) is 17.0. The van der Waals surface area contributed by atoms with Gasteiger partial charge in [0.15, 0.2) is 0 Å². The van der Waals surface area contributed by atoms with E-state index in [0.717, 1.165) is 38.3 Å². The van der Waals surface area contributed by atoms with Gasteiger partial charge in [0.2, 0.25) is 0 Å². The maximum absolute atomic E-state index is 5.89. The highest BCUT2D eigenvalue weighted by molar-refractivity contribution is 5.27. The topological polar surface area (TPSA) is 30.5 Å². The van der Waals surface area contributed by atoms with Gasteiger partial charge >= 0.3 is 0 Å². The summed E-state index contributed by atoms with van der Waals surface area (Å²) in [4.78, 5) is 0. The largest absolute Gasteiger partial charge is 0.492 e. The number of methoxy groups -OCH3 is 1. The van der Waals surface area contributed by atoms with Gasteiger partial charge in [0.1, 0.15) is 12.4 Å². The highest BCUT2D eigenvalue weighted by atomic mass is 16.5. The minimum Gasteiger partial charge on any atom is -0.492 e. The fraction of sp³-hybridized carbons (Fsp3) is 0.647. The minimum atomic E-state index is 0.406. The average molecular weight is 279 g/mol. The second-order valence-corrected chi connectivity index (χ2v) is 5.50. The molecule has 20 heavy (non-hydrogen) atoms. The van der Waals surface area contributed by atoms with Crippen LogP contribution < -0.4 is 10.1 Å². The van der Waals surface area contributed by atoms with Crippen LogP contribution >= 0.6 is 0 Å². The van der Waals surface area contributed by atoms with Crippen LogP contribution in [0.1, 0.15) is 32.8 Å². The van der Waals surface area contributed by atoms with Gasteiger partial charge in [0.05, 0.1) is 6.61 Å². The summed E-state index contributed by atoms with van der Waals surface area (Å²) in [7, 11) is 1.73. The molecule has 0 heterocycles. The lowest BCUT2D eigenvalue weighted by molar-refractivity contribution is 0.202. The molecule has 0 aliphatic heterocycles. The fourth-order valence-corrected chi connectivity index (χ4v) is 1.98. The van der Waals surface area contributed by atoms with Gasteiger partial charge in [0.25, 0.3) is 0 Å². The molecule has 0 bridgehead atoms. The Balaban J connectivity index is 2.42. The van der Waals surface area contributed by atoms with Crippen molar-refractivity contribution in [3.63, 3.8) is 0 Å². The van der Waals surface area contributed by atoms with Crippen LogP contribution in [0.25, 0.3) is 0 Å². The second-order valence-electron chi connectivity index (χ2n) is 5.50. The molecule has 0 aliphatic rings. The van der Waals surface area contributed by atoms with Crippen LogP contribution in [0.2, 0.25) is 0 Å². The Morgan fingerprint density at radius 2 is 1.85 bits per heavy atom. The molecule has 1 N–H and O–H groups in total. The zero-order chi connectivity index (χ0) is 14.8. The van der Waals surface area contributed by atoms with E-state index in [-0.39, 0.29) is 0 Å². The number of hydrogen-bond acceptors (Lipinski definition) is 3. The summed E-state index contributed by atoms with van der Waals surface area (Å²) < 4.78 is 11.0. The lowest BCUT2D eigenvalue weighted by Crippen LogP contribution is -2.39. The third kappa shape index (κ3) is 6.40. The number of nitrogens with one attached hydrogen (secondary N) is 1. The van der Waals surface area contributed by atoms with E-state index in [9.17, 15) is 0 Å². The standard InChI is InChI=1S/C17H29NO2/c1-5-11-18-17(14(2)3)13-20-16-8-6-15(7-9-16)10-12-19-4/h6-9,14,17-18H,5,10-13H2,1-4H3. The van der Waals surface area contributed by atoms with E-state index >= 15 is 0 Å². The van der Waals surface area contributed by atoms with E-state index in [4.69, 9.17) is 9.47 Å². The predicted molar refractivity (Wildman–Crippen MR) is 84.4 cm³/mol. The highest BCUT2D eigenvalue weighted by Crippen LogP contribution is 2.14. The number of benzene rings is 1. The quantitative estimate of drug-likeness (QED) is 0.713. The van der Waals surface area contributed by atoms with Crippen LogP contribution in [-0.4, -0.2) is 32.9 Å². The molecule has 0 aliphatic carbocycles. The maximum Gasteiger partial charge on any atom is 0.119 e. The lowest BCUT2D eigenvalue weighted by atomic mass is 10.1. The Kier molecular flexibility index (Phi) is 8.31. The Morgan fingerprint density at radius 3 is 2.40 bits per heavy atom. The third-order valence-corrected chi connectivity index (χ3v) is 3.41. The van der Waals surface area contributed by atoms with Crippen molar-refractivity contribution in [2.75, 3.05) is 26.9 Å². The first-order valence-electron chi connectivity index (χ1n) is 7.61. The Hall–Kier alpha value is -1.06. The van der Waals surface area contributed by atoms with E-state index in [1.54, 1.807) is 7.11 Å². The number of ether oxygens (including phenoxy) is 2. The first-order chi connectivity index (χ1) is 9.67. The molecule has 1 unspecified atom stereocenters. The summed E-state index contributed by atoms with van der Waals surface area (Å²) >= 11 is 0. The molecule has 1 atom stereocenters. The van der Waals surface area contributed by atoms with Crippen molar-refractivity contribution in [2.45, 2.75) is 39.7 Å². The summed E-state index contributed by atoms with van der Waals surface area (Å²) in [5, 5.41) is 3.54. The van der Waals surface area contributed by atoms with Crippen LogP contribution in [0, 0.1) is 5.92 Å². The molecule has 114 valence electrons. The molecule has 0 fully saturated rings. The molecule has 1 rings (SSSR count). The van der Waals surface area contributed by atoms with Crippen molar-refractivity contribution < 1.29 is 9.47 Å². The molecule has 1 aromatic carbocycles. The van der Waals surface area contributed by atoms with Gasteiger partial charge in [0, 0.05) is 13.2 Å². The van der Waals surface area contributed by atoms with Gasteiger partial charge in [-0.05, 0) is 43.0 Å². The average Bonchev–Trinajstić information content (AvgIpc) is 2.46. The molecule has 0 saturated carbocycles. The molecular formula is C17H29NO2. The van der Waals surface area contributed by atoms with Gasteiger partial charge in [-0.2, -0.15) is 0 Å². The number of rotatable bonds is 10. The van der Waals surface area contributed by atoms with Crippen molar-refractivity contribution >= 4 is 0 Å². The summed E-state index contributed by atoms with van der Waals surface area (Å²) in [6, 6.07) is 8.71. The molecule has 0 amide bonds. The highest BCUT2D eigenvalue weighted by Gasteiger charge is 2.12. The van der Waals surface area contributed by atoms with Gasteiger partial charge in [-0.25, -0.2) is 0 Å². The summed E-state index contributed by atoms with van der Waals surface area (Å²) in [5.41, 5.74) is 1.28. The van der Waals surface area contributed by atoms with Crippen molar-refractivity contribution in [3.05, 3.63) is 29.8 Å². The predicted octanol–water partition coefficient (Wildman–Crippen LogP) is 3.28. The second kappa shape index (κ2) is 9.78. The van der Waals surface area contributed by atoms with Crippen molar-refractivity contribution in [2.24, 2.45) is 5.92 Å². The smallest absolute Gasteiger partial charge is 0.119 e.